The van der Waals surface area contributed by atoms with Crippen LogP contribution >= 0.6 is 0 Å². The number of carboxylic acids is 1. The van der Waals surface area contributed by atoms with Gasteiger partial charge in [0.15, 0.2) is 0 Å². The van der Waals surface area contributed by atoms with Crippen molar-refractivity contribution < 1.29 is 29.3 Å². The number of carboxylic acid groups (broad SMARTS) is 1. The van der Waals surface area contributed by atoms with Gasteiger partial charge in [-0.2, -0.15) is 0 Å². The number of aliphatic hydroxyl groups is 1. The van der Waals surface area contributed by atoms with E-state index in [-0.39, 0.29) is 23.4 Å². The highest BCUT2D eigenvalue weighted by atomic mass is 16.5. The molecule has 0 radical (unpaired) electrons. The highest BCUT2D eigenvalue weighted by molar-refractivity contribution is 5.93. The lowest BCUT2D eigenvalue weighted by atomic mass is 9.54. The van der Waals surface area contributed by atoms with E-state index in [0.29, 0.717) is 19.3 Å². The summed E-state index contributed by atoms with van der Waals surface area (Å²) in [6.45, 7) is 6.88. The minimum Gasteiger partial charge on any atom is -0.478 e. The number of aliphatic carboxylic acids is 1. The lowest BCUT2D eigenvalue weighted by Crippen LogP contribution is -2.55. The van der Waals surface area contributed by atoms with Gasteiger partial charge in [0.25, 0.3) is 0 Å². The Morgan fingerprint density at radius 3 is 2.51 bits per heavy atom. The van der Waals surface area contributed by atoms with Gasteiger partial charge >= 0.3 is 11.9 Å². The third-order valence-corrected chi connectivity index (χ3v) is 8.22. The number of amides is 1. The van der Waals surface area contributed by atoms with Gasteiger partial charge in [-0.05, 0) is 49.7 Å². The fourth-order valence-corrected chi connectivity index (χ4v) is 6.80. The first kappa shape index (κ1) is 26.9. The van der Waals surface area contributed by atoms with Crippen molar-refractivity contribution in [3.8, 4) is 0 Å². The third-order valence-electron chi connectivity index (χ3n) is 8.22. The molecule has 3 aliphatic rings. The van der Waals surface area contributed by atoms with E-state index in [1.807, 2.05) is 56.3 Å². The molecule has 7 heteroatoms. The summed E-state index contributed by atoms with van der Waals surface area (Å²) in [5.41, 5.74) is -1.17. The van der Waals surface area contributed by atoms with Gasteiger partial charge in [0, 0.05) is 30.4 Å². The third kappa shape index (κ3) is 5.14. The molecule has 198 valence electrons. The topological polar surface area (TPSA) is 113 Å². The zero-order valence-corrected chi connectivity index (χ0v) is 21.9. The number of rotatable bonds is 4. The number of hydrogen-bond donors (Lipinski definition) is 3. The number of ether oxygens (including phenoxy) is 1. The number of nitrogens with one attached hydrogen (secondary N) is 1. The van der Waals surface area contributed by atoms with Gasteiger partial charge in [-0.1, -0.05) is 68.5 Å². The second-order valence-corrected chi connectivity index (χ2v) is 11.2. The molecule has 2 aliphatic carbocycles. The Balaban J connectivity index is 1.95. The number of hydrogen-bond acceptors (Lipinski definition) is 5. The molecule has 0 aromatic heterocycles. The van der Waals surface area contributed by atoms with E-state index in [1.165, 1.54) is 6.92 Å². The first-order valence-electron chi connectivity index (χ1n) is 13.0. The van der Waals surface area contributed by atoms with Crippen LogP contribution in [-0.2, 0) is 25.5 Å². The maximum absolute atomic E-state index is 14.1. The Morgan fingerprint density at radius 1 is 1.16 bits per heavy atom. The zero-order chi connectivity index (χ0) is 27.0. The molecule has 1 amide bonds. The molecular weight excluding hydrogens is 470 g/mol. The van der Waals surface area contributed by atoms with Gasteiger partial charge in [-0.15, -0.1) is 0 Å². The van der Waals surface area contributed by atoms with Gasteiger partial charge in [0.05, 0.1) is 5.60 Å². The number of benzene rings is 1. The van der Waals surface area contributed by atoms with Crippen molar-refractivity contribution >= 4 is 17.8 Å². The van der Waals surface area contributed by atoms with Crippen molar-refractivity contribution in [3.05, 3.63) is 71.8 Å². The maximum Gasteiger partial charge on any atom is 0.331 e. The molecule has 1 saturated heterocycles. The predicted octanol–water partition coefficient (Wildman–Crippen LogP) is 3.83. The molecule has 1 fully saturated rings. The molecule has 1 aliphatic heterocycles. The van der Waals surface area contributed by atoms with Crippen LogP contribution < -0.4 is 5.32 Å². The molecule has 7 nitrogen and oxygen atoms in total. The summed E-state index contributed by atoms with van der Waals surface area (Å²) in [5.74, 6) is -3.30. The fourth-order valence-electron chi connectivity index (χ4n) is 6.80. The van der Waals surface area contributed by atoms with E-state index in [9.17, 15) is 24.6 Å². The Kier molecular flexibility index (Phi) is 7.47. The smallest absolute Gasteiger partial charge is 0.331 e. The predicted molar refractivity (Wildman–Crippen MR) is 139 cm³/mol. The molecule has 0 saturated carbocycles. The van der Waals surface area contributed by atoms with Crippen LogP contribution in [0.4, 0.5) is 0 Å². The molecule has 37 heavy (non-hydrogen) atoms. The van der Waals surface area contributed by atoms with E-state index < -0.39 is 46.8 Å². The molecule has 3 N–H and O–H groups in total. The standard InChI is InChI=1S/C30H37NO6/c1-18-9-8-12-22-16-23(27(33)34)19(2)26-24(15-21-10-6-5-7-11-21)31-28(35)30(22,26)25(37-20(3)32)13-14-29(4,36)17-18/h5-8,10-14,16,18-19,22,24-26,36H,9,15,17H2,1-4H3,(H,31,35)(H,33,34)/t18-,19+,22-,24-,25+,26-,29-,30+/m0/s1. The summed E-state index contributed by atoms with van der Waals surface area (Å²) < 4.78 is 5.86. The van der Waals surface area contributed by atoms with Crippen molar-refractivity contribution in [1.29, 1.82) is 0 Å². The van der Waals surface area contributed by atoms with E-state index in [4.69, 9.17) is 4.74 Å². The summed E-state index contributed by atoms with van der Waals surface area (Å²) in [4.78, 5) is 38.9. The second kappa shape index (κ2) is 10.3. The molecule has 1 spiro atoms. The summed E-state index contributed by atoms with van der Waals surface area (Å²) in [6.07, 6.45) is 9.44. The van der Waals surface area contributed by atoms with Crippen LogP contribution in [-0.4, -0.2) is 45.8 Å². The first-order chi connectivity index (χ1) is 17.5. The maximum atomic E-state index is 14.1. The number of carbonyl (C=O) groups is 3. The van der Waals surface area contributed by atoms with Crippen molar-refractivity contribution in [3.63, 3.8) is 0 Å². The Morgan fingerprint density at radius 2 is 1.86 bits per heavy atom. The van der Waals surface area contributed by atoms with Gasteiger partial charge in [0.1, 0.15) is 11.5 Å². The van der Waals surface area contributed by atoms with E-state index in [0.717, 1.165) is 5.56 Å². The first-order valence-corrected chi connectivity index (χ1v) is 13.0. The van der Waals surface area contributed by atoms with Crippen LogP contribution in [0.1, 0.15) is 46.1 Å². The lowest BCUT2D eigenvalue weighted by Gasteiger charge is -2.48. The molecule has 1 heterocycles. The molecule has 1 aromatic rings. The lowest BCUT2D eigenvalue weighted by molar-refractivity contribution is -0.160. The minimum atomic E-state index is -1.28. The van der Waals surface area contributed by atoms with Crippen molar-refractivity contribution in [1.82, 2.24) is 5.32 Å². The highest BCUT2D eigenvalue weighted by Crippen LogP contribution is 2.57. The van der Waals surface area contributed by atoms with Gasteiger partial charge in [0.2, 0.25) is 5.91 Å². The molecule has 4 rings (SSSR count). The van der Waals surface area contributed by atoms with Crippen molar-refractivity contribution in [2.45, 2.75) is 64.7 Å². The Hall–Kier alpha value is -3.19. The summed E-state index contributed by atoms with van der Waals surface area (Å²) in [6, 6.07) is 9.37. The van der Waals surface area contributed by atoms with Gasteiger partial charge in [-0.3, -0.25) is 9.59 Å². The highest BCUT2D eigenvalue weighted by Gasteiger charge is 2.66. The number of esters is 1. The average molecular weight is 508 g/mol. The number of allylic oxidation sites excluding steroid dienone is 3. The molecular formula is C30H37NO6. The Bertz CT molecular complexity index is 1140. The largest absolute Gasteiger partial charge is 0.478 e. The van der Waals surface area contributed by atoms with Crippen LogP contribution in [0.2, 0.25) is 0 Å². The molecule has 0 bridgehead atoms. The molecule has 0 unspecified atom stereocenters. The molecule has 1 aromatic carbocycles. The van der Waals surface area contributed by atoms with Crippen LogP contribution in [0.25, 0.3) is 0 Å². The number of carbonyl (C=O) groups excluding carboxylic acids is 2. The Labute approximate surface area is 218 Å². The van der Waals surface area contributed by atoms with Crippen LogP contribution in [0.3, 0.4) is 0 Å². The van der Waals surface area contributed by atoms with Crippen LogP contribution in [0, 0.1) is 29.1 Å². The average Bonchev–Trinajstić information content (AvgIpc) is 3.10. The zero-order valence-electron chi connectivity index (χ0n) is 21.9. The summed E-state index contributed by atoms with van der Waals surface area (Å²) in [7, 11) is 0. The fraction of sp³-hybridized carbons (Fsp3) is 0.500. The van der Waals surface area contributed by atoms with E-state index >= 15 is 0 Å². The second-order valence-electron chi connectivity index (χ2n) is 11.2. The van der Waals surface area contributed by atoms with Crippen LogP contribution in [0.5, 0.6) is 0 Å². The SMILES string of the molecule is CC(=O)O[C@@H]1C=C[C@](C)(O)C[C@@H](C)CC=C[C@H]2C=C(C(=O)O)[C@@H](C)[C@H]3[C@H](Cc4ccccc4)NC(=O)[C@@]231. The molecule has 8 atom stereocenters. The van der Waals surface area contributed by atoms with E-state index in [1.54, 1.807) is 25.2 Å². The normalized spacial score (nSPS) is 37.4. The van der Waals surface area contributed by atoms with Crippen molar-refractivity contribution in [2.75, 3.05) is 0 Å². The quantitative estimate of drug-likeness (QED) is 0.422. The van der Waals surface area contributed by atoms with Gasteiger partial charge < -0.3 is 20.3 Å². The van der Waals surface area contributed by atoms with Gasteiger partial charge in [-0.25, -0.2) is 4.79 Å². The summed E-state index contributed by atoms with van der Waals surface area (Å²) >= 11 is 0. The van der Waals surface area contributed by atoms with Crippen LogP contribution in [0.15, 0.2) is 66.3 Å². The summed E-state index contributed by atoms with van der Waals surface area (Å²) in [5, 5.41) is 24.4. The van der Waals surface area contributed by atoms with E-state index in [2.05, 4.69) is 5.32 Å². The monoisotopic (exact) mass is 507 g/mol. The van der Waals surface area contributed by atoms with Crippen molar-refractivity contribution in [2.24, 2.45) is 29.1 Å². The minimum absolute atomic E-state index is 0.140.